The molecule has 1 saturated carbocycles. The van der Waals surface area contributed by atoms with Crippen LogP contribution in [-0.4, -0.2) is 67.3 Å². The van der Waals surface area contributed by atoms with Crippen LogP contribution in [0.5, 0.6) is 0 Å². The molecule has 13 heteroatoms. The van der Waals surface area contributed by atoms with Gasteiger partial charge in [0.15, 0.2) is 0 Å². The molecule has 2 saturated heterocycles. The Bertz CT molecular complexity index is 1230. The number of rotatable bonds is 6. The topological polar surface area (TPSA) is 99.7 Å². The normalized spacial score (nSPS) is 27.8. The average Bonchev–Trinajstić information content (AvgIpc) is 3.26. The van der Waals surface area contributed by atoms with Crippen molar-refractivity contribution in [2.24, 2.45) is 5.92 Å². The first kappa shape index (κ1) is 27.0. The summed E-state index contributed by atoms with van der Waals surface area (Å²) in [5, 5.41) is 0.948. The maximum absolute atomic E-state index is 15.4. The number of sulfonamides is 1. The van der Waals surface area contributed by atoms with E-state index in [1.54, 1.807) is 18.6 Å². The molecule has 9 nitrogen and oxygen atoms in total. The van der Waals surface area contributed by atoms with Crippen LogP contribution in [0.3, 0.4) is 0 Å². The number of aromatic nitrogens is 2. The highest BCUT2D eigenvalue weighted by Gasteiger charge is 2.43. The molecular formula is C24H31Cl2FN6O3S. The fraction of sp³-hybridized carbons (Fsp3) is 0.583. The molecule has 1 aliphatic carbocycles. The van der Waals surface area contributed by atoms with Crippen molar-refractivity contribution in [3.8, 4) is 0 Å². The van der Waals surface area contributed by atoms with Crippen LogP contribution < -0.4 is 15.8 Å². The third-order valence-corrected chi connectivity index (χ3v) is 9.54. The maximum atomic E-state index is 15.4. The van der Waals surface area contributed by atoms with Gasteiger partial charge in [-0.3, -0.25) is 10.4 Å². The number of nitrogens with zero attached hydrogens (tertiary/aromatic N) is 4. The van der Waals surface area contributed by atoms with E-state index in [0.717, 1.165) is 24.8 Å². The summed E-state index contributed by atoms with van der Waals surface area (Å²) in [6, 6.07) is 1.41. The van der Waals surface area contributed by atoms with Gasteiger partial charge in [0.1, 0.15) is 11.6 Å². The van der Waals surface area contributed by atoms with Gasteiger partial charge in [-0.05, 0) is 32.1 Å². The molecule has 3 aliphatic rings. The van der Waals surface area contributed by atoms with Gasteiger partial charge in [-0.2, -0.15) is 4.31 Å². The summed E-state index contributed by atoms with van der Waals surface area (Å²) in [4.78, 5) is 10.5. The third-order valence-electron chi connectivity index (χ3n) is 7.63. The Hall–Kier alpha value is -1.60. The van der Waals surface area contributed by atoms with Gasteiger partial charge in [0, 0.05) is 68.0 Å². The molecule has 0 amide bonds. The van der Waals surface area contributed by atoms with E-state index in [2.05, 4.69) is 20.8 Å². The standard InChI is InChI=1S/C24H31Cl2FN6O3S/c1-14(23-18(25)12-28-13-19(23)26)36-15-3-4-21-16(9-15)24(31-30-21)17-11-29-22(10-20(17)27)32-5-7-33(8-6-32)37(2,34)35/h10-16,21,24,30-31H,3-9H2,1-2H3/t14-,15?,16?,21?,24?/m1/s1. The molecule has 2 aliphatic heterocycles. The monoisotopic (exact) mass is 572 g/mol. The Morgan fingerprint density at radius 3 is 2.46 bits per heavy atom. The largest absolute Gasteiger partial charge is 0.370 e. The summed E-state index contributed by atoms with van der Waals surface area (Å²) < 4.78 is 46.7. The summed E-state index contributed by atoms with van der Waals surface area (Å²) in [5.74, 6) is 0.304. The zero-order valence-corrected chi connectivity index (χ0v) is 23.0. The van der Waals surface area contributed by atoms with Crippen molar-refractivity contribution in [1.82, 2.24) is 25.1 Å². The molecule has 0 bridgehead atoms. The van der Waals surface area contributed by atoms with Crippen LogP contribution >= 0.6 is 23.2 Å². The lowest BCUT2D eigenvalue weighted by molar-refractivity contribution is -0.0371. The lowest BCUT2D eigenvalue weighted by Crippen LogP contribution is -2.48. The van der Waals surface area contributed by atoms with E-state index in [-0.39, 0.29) is 36.0 Å². The van der Waals surface area contributed by atoms with Crippen LogP contribution in [-0.2, 0) is 14.8 Å². The first-order valence-electron chi connectivity index (χ1n) is 12.4. The number of fused-ring (bicyclic) bond motifs is 1. The van der Waals surface area contributed by atoms with Crippen molar-refractivity contribution in [3.05, 3.63) is 51.6 Å². The minimum absolute atomic E-state index is 0.0258. The number of nitrogens with one attached hydrogen (secondary N) is 2. The number of hydrogen-bond acceptors (Lipinski definition) is 8. The number of anilines is 1. The first-order chi connectivity index (χ1) is 17.6. The molecule has 5 atom stereocenters. The SMILES string of the molecule is C[C@@H](OC1CCC2NNC(c3cnc(N4CCN(S(C)(=O)=O)CC4)cc3F)C2C1)c1c(Cl)cncc1Cl. The molecule has 3 fully saturated rings. The van der Waals surface area contributed by atoms with Crippen molar-refractivity contribution >= 4 is 39.0 Å². The van der Waals surface area contributed by atoms with Gasteiger partial charge in [-0.1, -0.05) is 23.2 Å². The quantitative estimate of drug-likeness (QED) is 0.542. The lowest BCUT2D eigenvalue weighted by atomic mass is 9.78. The molecule has 0 radical (unpaired) electrons. The summed E-state index contributed by atoms with van der Waals surface area (Å²) >= 11 is 12.6. The highest BCUT2D eigenvalue weighted by molar-refractivity contribution is 7.88. The van der Waals surface area contributed by atoms with Gasteiger partial charge in [0.25, 0.3) is 0 Å². The van der Waals surface area contributed by atoms with Crippen LogP contribution in [0.2, 0.25) is 10.0 Å². The van der Waals surface area contributed by atoms with E-state index in [1.807, 2.05) is 11.8 Å². The molecule has 5 rings (SSSR count). The van der Waals surface area contributed by atoms with E-state index < -0.39 is 10.0 Å². The number of hydrogen-bond donors (Lipinski definition) is 2. The van der Waals surface area contributed by atoms with Crippen molar-refractivity contribution in [2.45, 2.75) is 50.5 Å². The second-order valence-corrected chi connectivity index (χ2v) is 12.8. The van der Waals surface area contributed by atoms with Crippen LogP contribution in [0.25, 0.3) is 0 Å². The van der Waals surface area contributed by atoms with E-state index >= 15 is 4.39 Å². The van der Waals surface area contributed by atoms with Crippen molar-refractivity contribution in [2.75, 3.05) is 37.3 Å². The van der Waals surface area contributed by atoms with Crippen LogP contribution in [0.4, 0.5) is 10.2 Å². The number of piperazine rings is 1. The van der Waals surface area contributed by atoms with Crippen LogP contribution in [0, 0.1) is 11.7 Å². The molecule has 202 valence electrons. The molecule has 2 N–H and O–H groups in total. The number of pyridine rings is 2. The molecule has 0 spiro atoms. The van der Waals surface area contributed by atoms with Gasteiger partial charge in [-0.15, -0.1) is 0 Å². The molecule has 4 unspecified atom stereocenters. The average molecular weight is 574 g/mol. The minimum atomic E-state index is -3.23. The summed E-state index contributed by atoms with van der Waals surface area (Å²) in [6.07, 6.45) is 8.10. The molecular weight excluding hydrogens is 542 g/mol. The fourth-order valence-corrected chi connectivity index (χ4v) is 7.20. The Labute approximate surface area is 226 Å². The van der Waals surface area contributed by atoms with Gasteiger partial charge in [-0.25, -0.2) is 23.2 Å². The predicted molar refractivity (Wildman–Crippen MR) is 141 cm³/mol. The van der Waals surface area contributed by atoms with Crippen molar-refractivity contribution in [3.63, 3.8) is 0 Å². The highest BCUT2D eigenvalue weighted by Crippen LogP contribution is 2.42. The molecule has 2 aromatic heterocycles. The maximum Gasteiger partial charge on any atom is 0.211 e. The minimum Gasteiger partial charge on any atom is -0.370 e. The summed E-state index contributed by atoms with van der Waals surface area (Å²) in [5.41, 5.74) is 7.84. The number of ether oxygens (including phenoxy) is 1. The van der Waals surface area contributed by atoms with Crippen LogP contribution in [0.15, 0.2) is 24.7 Å². The third kappa shape index (κ3) is 5.73. The van der Waals surface area contributed by atoms with Crippen molar-refractivity contribution in [1.29, 1.82) is 0 Å². The number of hydrazine groups is 1. The van der Waals surface area contributed by atoms with Gasteiger partial charge >= 0.3 is 0 Å². The Balaban J connectivity index is 1.26. The zero-order chi connectivity index (χ0) is 26.3. The number of halogens is 3. The lowest BCUT2D eigenvalue weighted by Gasteiger charge is -2.35. The molecule has 37 heavy (non-hydrogen) atoms. The van der Waals surface area contributed by atoms with Gasteiger partial charge in [0.2, 0.25) is 10.0 Å². The van der Waals surface area contributed by atoms with Gasteiger partial charge in [0.05, 0.1) is 34.6 Å². The molecule has 4 heterocycles. The Kier molecular flexibility index (Phi) is 7.93. The summed E-state index contributed by atoms with van der Waals surface area (Å²) in [7, 11) is -3.23. The first-order valence-corrected chi connectivity index (χ1v) is 15.0. The highest BCUT2D eigenvalue weighted by atomic mass is 35.5. The fourth-order valence-electron chi connectivity index (χ4n) is 5.70. The molecule has 2 aromatic rings. The predicted octanol–water partition coefficient (Wildman–Crippen LogP) is 3.47. The van der Waals surface area contributed by atoms with Gasteiger partial charge < -0.3 is 9.64 Å². The second kappa shape index (κ2) is 10.9. The van der Waals surface area contributed by atoms with E-state index in [0.29, 0.717) is 47.6 Å². The second-order valence-electron chi connectivity index (χ2n) is 9.98. The van der Waals surface area contributed by atoms with E-state index in [1.165, 1.54) is 16.6 Å². The molecule has 0 aromatic carbocycles. The zero-order valence-electron chi connectivity index (χ0n) is 20.7. The van der Waals surface area contributed by atoms with E-state index in [9.17, 15) is 8.42 Å². The van der Waals surface area contributed by atoms with E-state index in [4.69, 9.17) is 27.9 Å². The van der Waals surface area contributed by atoms with Crippen LogP contribution in [0.1, 0.15) is 49.5 Å². The Morgan fingerprint density at radius 1 is 1.11 bits per heavy atom. The summed E-state index contributed by atoms with van der Waals surface area (Å²) in [6.45, 7) is 3.58. The Morgan fingerprint density at radius 2 is 1.81 bits per heavy atom. The van der Waals surface area contributed by atoms with Crippen molar-refractivity contribution < 1.29 is 17.5 Å². The smallest absolute Gasteiger partial charge is 0.211 e.